The molecule has 0 aliphatic carbocycles. The van der Waals surface area contributed by atoms with Crippen LogP contribution in [0.4, 0.5) is 11.7 Å². The summed E-state index contributed by atoms with van der Waals surface area (Å²) in [6.07, 6.45) is 1.12. The number of anilines is 2. The zero-order chi connectivity index (χ0) is 14.5. The zero-order valence-electron chi connectivity index (χ0n) is 11.0. The van der Waals surface area contributed by atoms with E-state index in [0.717, 1.165) is 0 Å². The van der Waals surface area contributed by atoms with Crippen LogP contribution < -0.4 is 14.8 Å². The fourth-order valence-electron chi connectivity index (χ4n) is 1.64. The second-order valence-corrected chi connectivity index (χ2v) is 3.91. The van der Waals surface area contributed by atoms with Gasteiger partial charge in [0.25, 0.3) is 6.01 Å². The molecule has 0 saturated carbocycles. The first kappa shape index (κ1) is 13.7. The Morgan fingerprint density at radius 2 is 2.10 bits per heavy atom. The number of nitrogens with zero attached hydrogens (tertiary/aromatic N) is 1. The van der Waals surface area contributed by atoms with Crippen LogP contribution >= 0.6 is 0 Å². The number of carboxylic acid groups (broad SMARTS) is 1. The molecule has 0 aliphatic heterocycles. The second kappa shape index (κ2) is 5.96. The van der Waals surface area contributed by atoms with Gasteiger partial charge in [-0.3, -0.25) is 4.79 Å². The number of carboxylic acids is 1. The number of aromatic nitrogens is 1. The van der Waals surface area contributed by atoms with Gasteiger partial charge in [0, 0.05) is 11.8 Å². The van der Waals surface area contributed by atoms with E-state index in [4.69, 9.17) is 19.0 Å². The summed E-state index contributed by atoms with van der Waals surface area (Å²) in [5.41, 5.74) is 1.03. The van der Waals surface area contributed by atoms with Gasteiger partial charge in [0.2, 0.25) is 0 Å². The van der Waals surface area contributed by atoms with Crippen LogP contribution in [-0.2, 0) is 11.2 Å². The number of rotatable bonds is 6. The van der Waals surface area contributed by atoms with Crippen molar-refractivity contribution in [2.24, 2.45) is 0 Å². The lowest BCUT2D eigenvalue weighted by atomic mass is 10.3. The first-order valence-electron chi connectivity index (χ1n) is 5.77. The number of ether oxygens (including phenoxy) is 2. The molecule has 0 unspecified atom stereocenters. The highest BCUT2D eigenvalue weighted by molar-refractivity contribution is 5.69. The van der Waals surface area contributed by atoms with Gasteiger partial charge in [-0.15, -0.1) is 0 Å². The quantitative estimate of drug-likeness (QED) is 0.835. The molecular formula is C13H14N2O5. The Balaban J connectivity index is 2.13. The number of hydrogen-bond donors (Lipinski definition) is 2. The smallest absolute Gasteiger partial charge is 0.309 e. The molecule has 0 bridgehead atoms. The molecule has 0 aliphatic rings. The van der Waals surface area contributed by atoms with E-state index < -0.39 is 5.97 Å². The molecule has 2 N–H and O–H groups in total. The van der Waals surface area contributed by atoms with Gasteiger partial charge in [0.05, 0.1) is 26.3 Å². The van der Waals surface area contributed by atoms with Crippen LogP contribution in [0.25, 0.3) is 0 Å². The van der Waals surface area contributed by atoms with Crippen molar-refractivity contribution in [1.82, 2.24) is 4.98 Å². The van der Waals surface area contributed by atoms with Crippen molar-refractivity contribution in [3.63, 3.8) is 0 Å². The normalized spacial score (nSPS) is 10.1. The van der Waals surface area contributed by atoms with Gasteiger partial charge in [-0.2, -0.15) is 4.98 Å². The predicted molar refractivity (Wildman–Crippen MR) is 70.7 cm³/mol. The van der Waals surface area contributed by atoms with E-state index in [1.54, 1.807) is 25.3 Å². The Morgan fingerprint density at radius 1 is 1.35 bits per heavy atom. The Morgan fingerprint density at radius 3 is 2.75 bits per heavy atom. The van der Waals surface area contributed by atoms with Gasteiger partial charge in [-0.1, -0.05) is 0 Å². The average molecular weight is 278 g/mol. The zero-order valence-corrected chi connectivity index (χ0v) is 11.0. The monoisotopic (exact) mass is 278 g/mol. The van der Waals surface area contributed by atoms with Gasteiger partial charge < -0.3 is 24.3 Å². The van der Waals surface area contributed by atoms with Crippen LogP contribution in [-0.4, -0.2) is 30.3 Å². The summed E-state index contributed by atoms with van der Waals surface area (Å²) in [6.45, 7) is 0. The molecule has 0 fully saturated rings. The first-order valence-corrected chi connectivity index (χ1v) is 5.77. The summed E-state index contributed by atoms with van der Waals surface area (Å²) in [5, 5.41) is 11.6. The van der Waals surface area contributed by atoms with Gasteiger partial charge in [-0.25, -0.2) is 0 Å². The van der Waals surface area contributed by atoms with E-state index in [2.05, 4.69) is 10.3 Å². The number of methoxy groups -OCH3 is 2. The van der Waals surface area contributed by atoms with Gasteiger partial charge in [0.1, 0.15) is 6.26 Å². The summed E-state index contributed by atoms with van der Waals surface area (Å²) in [6, 6.07) is 5.44. The van der Waals surface area contributed by atoms with Crippen LogP contribution in [0.3, 0.4) is 0 Å². The molecule has 106 valence electrons. The molecule has 2 rings (SSSR count). The molecule has 0 atom stereocenters. The highest BCUT2D eigenvalue weighted by Crippen LogP contribution is 2.30. The molecule has 0 amide bonds. The second-order valence-electron chi connectivity index (χ2n) is 3.91. The van der Waals surface area contributed by atoms with E-state index in [9.17, 15) is 4.79 Å². The van der Waals surface area contributed by atoms with Crippen molar-refractivity contribution in [3.8, 4) is 11.5 Å². The number of oxazole rings is 1. The van der Waals surface area contributed by atoms with Gasteiger partial charge in [-0.05, 0) is 12.1 Å². The maximum atomic E-state index is 10.6. The van der Waals surface area contributed by atoms with Gasteiger partial charge >= 0.3 is 5.97 Å². The molecule has 0 radical (unpaired) electrons. The maximum Gasteiger partial charge on any atom is 0.309 e. The molecular weight excluding hydrogens is 264 g/mol. The Bertz CT molecular complexity index is 609. The molecule has 7 nitrogen and oxygen atoms in total. The van der Waals surface area contributed by atoms with E-state index >= 15 is 0 Å². The van der Waals surface area contributed by atoms with Crippen LogP contribution in [0.5, 0.6) is 11.5 Å². The predicted octanol–water partition coefficient (Wildman–Crippen LogP) is 2.06. The molecule has 20 heavy (non-hydrogen) atoms. The molecule has 2 aromatic rings. The van der Waals surface area contributed by atoms with Crippen molar-refractivity contribution < 1.29 is 23.8 Å². The minimum atomic E-state index is -0.962. The topological polar surface area (TPSA) is 93.8 Å². The molecule has 1 aromatic heterocycles. The van der Waals surface area contributed by atoms with Crippen molar-refractivity contribution in [2.45, 2.75) is 6.42 Å². The summed E-state index contributed by atoms with van der Waals surface area (Å²) in [5.74, 6) is 0.211. The van der Waals surface area contributed by atoms with Crippen LogP contribution in [0.2, 0.25) is 0 Å². The lowest BCUT2D eigenvalue weighted by molar-refractivity contribution is -0.136. The third-order valence-corrected chi connectivity index (χ3v) is 2.52. The highest BCUT2D eigenvalue weighted by atomic mass is 16.5. The number of carbonyl (C=O) groups is 1. The average Bonchev–Trinajstić information content (AvgIpc) is 2.85. The molecule has 0 saturated heterocycles. The van der Waals surface area contributed by atoms with Crippen molar-refractivity contribution in [3.05, 3.63) is 30.2 Å². The molecule has 1 aromatic carbocycles. The van der Waals surface area contributed by atoms with Gasteiger partial charge in [0.15, 0.2) is 11.5 Å². The lowest BCUT2D eigenvalue weighted by Gasteiger charge is -2.09. The van der Waals surface area contributed by atoms with Crippen molar-refractivity contribution in [2.75, 3.05) is 19.5 Å². The Hall–Kier alpha value is -2.70. The minimum absolute atomic E-state index is 0.183. The standard InChI is InChI=1S/C13H14N2O5/c1-18-10-4-3-8(5-11(10)19-2)14-13-15-9(7-20-13)6-12(16)17/h3-5,7H,6H2,1-2H3,(H,14,15)(H,16,17). The fourth-order valence-corrected chi connectivity index (χ4v) is 1.64. The molecule has 0 spiro atoms. The third-order valence-electron chi connectivity index (χ3n) is 2.52. The SMILES string of the molecule is COc1ccc(Nc2nc(CC(=O)O)co2)cc1OC. The van der Waals surface area contributed by atoms with Crippen molar-refractivity contribution in [1.29, 1.82) is 0 Å². The summed E-state index contributed by atoms with van der Waals surface area (Å²) >= 11 is 0. The summed E-state index contributed by atoms with van der Waals surface area (Å²) in [4.78, 5) is 14.6. The third kappa shape index (κ3) is 3.19. The van der Waals surface area contributed by atoms with E-state index in [0.29, 0.717) is 22.9 Å². The Kier molecular flexibility index (Phi) is 4.09. The number of hydrogen-bond acceptors (Lipinski definition) is 6. The largest absolute Gasteiger partial charge is 0.493 e. The van der Waals surface area contributed by atoms with Crippen molar-refractivity contribution >= 4 is 17.7 Å². The van der Waals surface area contributed by atoms with E-state index in [1.807, 2.05) is 0 Å². The summed E-state index contributed by atoms with van der Waals surface area (Å²) < 4.78 is 15.5. The number of nitrogens with one attached hydrogen (secondary N) is 1. The van der Waals surface area contributed by atoms with Crippen LogP contribution in [0.1, 0.15) is 5.69 Å². The lowest BCUT2D eigenvalue weighted by Crippen LogP contribution is -2.00. The van der Waals surface area contributed by atoms with E-state index in [-0.39, 0.29) is 12.4 Å². The fraction of sp³-hybridized carbons (Fsp3) is 0.231. The Labute approximate surface area is 115 Å². The van der Waals surface area contributed by atoms with Crippen LogP contribution in [0, 0.1) is 0 Å². The highest BCUT2D eigenvalue weighted by Gasteiger charge is 2.09. The molecule has 7 heteroatoms. The maximum absolute atomic E-state index is 10.6. The van der Waals surface area contributed by atoms with Crippen LogP contribution in [0.15, 0.2) is 28.9 Å². The first-order chi connectivity index (χ1) is 9.62. The van der Waals surface area contributed by atoms with E-state index in [1.165, 1.54) is 13.4 Å². The molecule has 1 heterocycles. The number of aliphatic carboxylic acids is 1. The minimum Gasteiger partial charge on any atom is -0.493 e. The summed E-state index contributed by atoms with van der Waals surface area (Å²) in [7, 11) is 3.09. The number of benzene rings is 1.